The molecule has 0 spiro atoms. The van der Waals surface area contributed by atoms with Crippen LogP contribution in [-0.2, 0) is 16.0 Å². The summed E-state index contributed by atoms with van der Waals surface area (Å²) in [5.41, 5.74) is 3.93. The van der Waals surface area contributed by atoms with Crippen molar-refractivity contribution in [2.24, 2.45) is 5.84 Å². The summed E-state index contributed by atoms with van der Waals surface area (Å²) in [5.74, 6) is 4.69. The Morgan fingerprint density at radius 1 is 1.38 bits per heavy atom. The lowest BCUT2D eigenvalue weighted by molar-refractivity contribution is -0.123. The normalized spacial score (nSPS) is 11.9. The molecule has 0 aliphatic rings. The van der Waals surface area contributed by atoms with Gasteiger partial charge in [-0.2, -0.15) is 0 Å². The molecule has 0 bridgehead atoms. The first-order valence-electron chi connectivity index (χ1n) is 6.64. The van der Waals surface area contributed by atoms with E-state index in [1.54, 1.807) is 6.92 Å². The molecule has 2 rings (SSSR count). The topological polar surface area (TPSA) is 109 Å². The van der Waals surface area contributed by atoms with Gasteiger partial charge in [0.1, 0.15) is 6.04 Å². The maximum absolute atomic E-state index is 11.8. The molecule has 7 nitrogen and oxygen atoms in total. The van der Waals surface area contributed by atoms with Crippen LogP contribution in [0.1, 0.15) is 12.5 Å². The lowest BCUT2D eigenvalue weighted by Gasteiger charge is -2.16. The summed E-state index contributed by atoms with van der Waals surface area (Å²) in [7, 11) is 0. The zero-order chi connectivity index (χ0) is 15.2. The smallest absolute Gasteiger partial charge is 0.407 e. The third kappa shape index (κ3) is 3.51. The molecule has 112 valence electrons. The minimum absolute atomic E-state index is 0.232. The van der Waals surface area contributed by atoms with Gasteiger partial charge >= 0.3 is 6.09 Å². The zero-order valence-corrected chi connectivity index (χ0v) is 11.7. The third-order valence-electron chi connectivity index (χ3n) is 3.13. The first-order chi connectivity index (χ1) is 10.2. The number of amides is 2. The second-order valence-electron chi connectivity index (χ2n) is 4.49. The van der Waals surface area contributed by atoms with Crippen LogP contribution >= 0.6 is 0 Å². The Morgan fingerprint density at radius 3 is 2.86 bits per heavy atom. The summed E-state index contributed by atoms with van der Waals surface area (Å²) in [6, 6.07) is 6.92. The monoisotopic (exact) mass is 290 g/mol. The van der Waals surface area contributed by atoms with Crippen molar-refractivity contribution in [3.05, 3.63) is 36.0 Å². The van der Waals surface area contributed by atoms with Gasteiger partial charge in [-0.05, 0) is 18.6 Å². The first-order valence-corrected chi connectivity index (χ1v) is 6.64. The number of H-pyrrole nitrogens is 1. The number of carbonyl (C=O) groups excluding carboxylic acids is 2. The second-order valence-corrected chi connectivity index (χ2v) is 4.49. The number of nitrogens with one attached hydrogen (secondary N) is 3. The maximum atomic E-state index is 11.8. The van der Waals surface area contributed by atoms with E-state index in [9.17, 15) is 9.59 Å². The van der Waals surface area contributed by atoms with Gasteiger partial charge < -0.3 is 15.0 Å². The van der Waals surface area contributed by atoms with Crippen molar-refractivity contribution < 1.29 is 14.3 Å². The summed E-state index contributed by atoms with van der Waals surface area (Å²) >= 11 is 0. The van der Waals surface area contributed by atoms with E-state index >= 15 is 0 Å². The van der Waals surface area contributed by atoms with Crippen LogP contribution in [0.15, 0.2) is 30.5 Å². The van der Waals surface area contributed by atoms with Gasteiger partial charge in [0.05, 0.1) is 6.61 Å². The maximum Gasteiger partial charge on any atom is 0.407 e. The minimum Gasteiger partial charge on any atom is -0.450 e. The van der Waals surface area contributed by atoms with Gasteiger partial charge in [-0.1, -0.05) is 18.2 Å². The van der Waals surface area contributed by atoms with Crippen LogP contribution in [-0.4, -0.2) is 29.6 Å². The van der Waals surface area contributed by atoms with E-state index in [0.29, 0.717) is 6.42 Å². The summed E-state index contributed by atoms with van der Waals surface area (Å²) in [6.45, 7) is 1.92. The van der Waals surface area contributed by atoms with Crippen molar-refractivity contribution in [1.82, 2.24) is 15.7 Å². The molecule has 2 amide bonds. The largest absolute Gasteiger partial charge is 0.450 e. The van der Waals surface area contributed by atoms with Crippen LogP contribution in [0.4, 0.5) is 4.79 Å². The number of aromatic amines is 1. The predicted octanol–water partition coefficient (Wildman–Crippen LogP) is 0.815. The molecule has 1 aromatic carbocycles. The molecule has 0 saturated carbocycles. The van der Waals surface area contributed by atoms with Crippen molar-refractivity contribution in [1.29, 1.82) is 0 Å². The van der Waals surface area contributed by atoms with Crippen molar-refractivity contribution in [2.45, 2.75) is 19.4 Å². The SMILES string of the molecule is CCOC(=O)N[C@@H](Cc1c[nH]c2ccccc12)C(=O)NN. The van der Waals surface area contributed by atoms with Crippen molar-refractivity contribution in [2.75, 3.05) is 6.61 Å². The average Bonchev–Trinajstić information content (AvgIpc) is 2.89. The molecule has 2 aromatic rings. The summed E-state index contributed by atoms with van der Waals surface area (Å²) in [4.78, 5) is 26.4. The minimum atomic E-state index is -0.798. The quantitative estimate of drug-likeness (QED) is 0.371. The molecular weight excluding hydrogens is 272 g/mol. The van der Waals surface area contributed by atoms with E-state index in [2.05, 4.69) is 15.7 Å². The highest BCUT2D eigenvalue weighted by atomic mass is 16.5. The Hall–Kier alpha value is -2.54. The molecule has 1 heterocycles. The Kier molecular flexibility index (Phi) is 4.78. The van der Waals surface area contributed by atoms with Gasteiger partial charge in [-0.25, -0.2) is 10.6 Å². The van der Waals surface area contributed by atoms with Gasteiger partial charge in [0, 0.05) is 23.5 Å². The van der Waals surface area contributed by atoms with Gasteiger partial charge in [-0.15, -0.1) is 0 Å². The summed E-state index contributed by atoms with van der Waals surface area (Å²) in [5, 5.41) is 3.50. The van der Waals surface area contributed by atoms with Crippen LogP contribution in [0.2, 0.25) is 0 Å². The summed E-state index contributed by atoms with van der Waals surface area (Å²) in [6.07, 6.45) is 1.48. The molecule has 0 radical (unpaired) electrons. The van der Waals surface area contributed by atoms with Gasteiger partial charge in [0.2, 0.25) is 0 Å². The second kappa shape index (κ2) is 6.76. The standard InChI is InChI=1S/C14H18N4O3/c1-2-21-14(20)17-12(13(19)18-15)7-9-8-16-11-6-4-3-5-10(9)11/h3-6,8,12,16H,2,7,15H2,1H3,(H,17,20)(H,18,19)/t12-/m0/s1. The Balaban J connectivity index is 2.18. The van der Waals surface area contributed by atoms with Crippen LogP contribution in [0.3, 0.4) is 0 Å². The Labute approximate surface area is 121 Å². The predicted molar refractivity (Wildman–Crippen MR) is 78.3 cm³/mol. The highest BCUT2D eigenvalue weighted by Gasteiger charge is 2.22. The van der Waals surface area contributed by atoms with Gasteiger partial charge in [0.15, 0.2) is 0 Å². The number of rotatable bonds is 5. The van der Waals surface area contributed by atoms with E-state index in [0.717, 1.165) is 16.5 Å². The van der Waals surface area contributed by atoms with Crippen LogP contribution in [0.5, 0.6) is 0 Å². The first kappa shape index (κ1) is 14.9. The summed E-state index contributed by atoms with van der Waals surface area (Å²) < 4.78 is 4.80. The fraction of sp³-hybridized carbons (Fsp3) is 0.286. The number of ether oxygens (including phenoxy) is 1. The molecule has 1 atom stereocenters. The van der Waals surface area contributed by atoms with E-state index < -0.39 is 18.0 Å². The van der Waals surface area contributed by atoms with E-state index in [1.165, 1.54) is 0 Å². The van der Waals surface area contributed by atoms with Crippen molar-refractivity contribution >= 4 is 22.9 Å². The fourth-order valence-corrected chi connectivity index (χ4v) is 2.15. The fourth-order valence-electron chi connectivity index (χ4n) is 2.15. The molecule has 0 aliphatic carbocycles. The van der Waals surface area contributed by atoms with Gasteiger partial charge in [-0.3, -0.25) is 10.2 Å². The Morgan fingerprint density at radius 2 is 2.14 bits per heavy atom. The lowest BCUT2D eigenvalue weighted by atomic mass is 10.0. The number of aromatic nitrogens is 1. The van der Waals surface area contributed by atoms with Gasteiger partial charge in [0.25, 0.3) is 5.91 Å². The number of para-hydroxylation sites is 1. The number of benzene rings is 1. The number of fused-ring (bicyclic) bond motifs is 1. The number of hydrogen-bond acceptors (Lipinski definition) is 4. The van der Waals surface area contributed by atoms with E-state index in [-0.39, 0.29) is 6.61 Å². The van der Waals surface area contributed by atoms with Crippen molar-refractivity contribution in [3.8, 4) is 0 Å². The van der Waals surface area contributed by atoms with Crippen molar-refractivity contribution in [3.63, 3.8) is 0 Å². The molecule has 1 aromatic heterocycles. The number of nitrogens with two attached hydrogens (primary N) is 1. The van der Waals surface area contributed by atoms with Crippen LogP contribution < -0.4 is 16.6 Å². The van der Waals surface area contributed by atoms with E-state index in [1.807, 2.05) is 30.5 Å². The molecular formula is C14H18N4O3. The lowest BCUT2D eigenvalue weighted by Crippen LogP contribution is -2.50. The van der Waals surface area contributed by atoms with Crippen LogP contribution in [0.25, 0.3) is 10.9 Å². The van der Waals surface area contributed by atoms with Crippen LogP contribution in [0, 0.1) is 0 Å². The molecule has 0 aliphatic heterocycles. The molecule has 0 fully saturated rings. The molecule has 0 saturated heterocycles. The molecule has 0 unspecified atom stereocenters. The number of hydrogen-bond donors (Lipinski definition) is 4. The zero-order valence-electron chi connectivity index (χ0n) is 11.7. The number of carbonyl (C=O) groups is 2. The number of alkyl carbamates (subject to hydrolysis) is 1. The molecule has 21 heavy (non-hydrogen) atoms. The number of hydrazine groups is 1. The third-order valence-corrected chi connectivity index (χ3v) is 3.13. The molecule has 5 N–H and O–H groups in total. The highest BCUT2D eigenvalue weighted by molar-refractivity contribution is 5.88. The Bertz CT molecular complexity index is 638. The average molecular weight is 290 g/mol. The molecule has 7 heteroatoms. The highest BCUT2D eigenvalue weighted by Crippen LogP contribution is 2.19. The van der Waals surface area contributed by atoms with E-state index in [4.69, 9.17) is 10.6 Å².